The smallest absolute Gasteiger partial charge is 0.416 e. The molecular weight excluding hydrogens is 631 g/mol. The predicted octanol–water partition coefficient (Wildman–Crippen LogP) is 6.30. The molecule has 4 heterocycles. The molecule has 4 aliphatic rings. The Morgan fingerprint density at radius 3 is 1.83 bits per heavy atom. The van der Waals surface area contributed by atoms with Gasteiger partial charge in [-0.15, -0.1) is 0 Å². The molecule has 2 amide bonds. The summed E-state index contributed by atoms with van der Waals surface area (Å²) in [5.41, 5.74) is 1.88. The summed E-state index contributed by atoms with van der Waals surface area (Å²) in [6, 6.07) is 14.7. The molecule has 0 saturated carbocycles. The molecule has 9 heteroatoms. The summed E-state index contributed by atoms with van der Waals surface area (Å²) in [5, 5.41) is 0. The average Bonchev–Trinajstić information content (AvgIpc) is 3.55. The zero-order chi connectivity index (χ0) is 29.7. The quantitative estimate of drug-likeness (QED) is 0.332. The first-order valence-electron chi connectivity index (χ1n) is 14.5. The number of rotatable bonds is 1. The number of carbonyl (C=O) groups is 2. The lowest BCUT2D eigenvalue weighted by molar-refractivity contribution is 0.0431. The van der Waals surface area contributed by atoms with Crippen molar-refractivity contribution in [3.05, 3.63) is 57.2 Å². The number of nitrogens with zero attached hydrogens (tertiary/aromatic N) is 4. The molecule has 0 N–H and O–H groups in total. The number of hydrogen-bond acceptors (Lipinski definition) is 6. The van der Waals surface area contributed by atoms with Gasteiger partial charge in [0.2, 0.25) is 0 Å². The summed E-state index contributed by atoms with van der Waals surface area (Å²) in [4.78, 5) is 36.6. The van der Waals surface area contributed by atoms with E-state index in [1.165, 1.54) is 0 Å². The largest absolute Gasteiger partial charge is 0.443 e. The lowest BCUT2D eigenvalue weighted by Gasteiger charge is -2.50. The van der Waals surface area contributed by atoms with Gasteiger partial charge < -0.3 is 9.47 Å². The van der Waals surface area contributed by atoms with Gasteiger partial charge >= 0.3 is 12.2 Å². The Labute approximate surface area is 257 Å². The number of anilines is 2. The van der Waals surface area contributed by atoms with E-state index < -0.39 is 22.0 Å². The number of fused-ring (bicyclic) bond motifs is 7. The minimum atomic E-state index is -0.637. The summed E-state index contributed by atoms with van der Waals surface area (Å²) in [6.45, 7) is 13.1. The summed E-state index contributed by atoms with van der Waals surface area (Å²) >= 11 is 2.36. The van der Waals surface area contributed by atoms with Crippen LogP contribution >= 0.6 is 22.6 Å². The molecule has 0 unspecified atom stereocenters. The monoisotopic (exact) mass is 672 g/mol. The first kappa shape index (κ1) is 28.7. The second-order valence-electron chi connectivity index (χ2n) is 14.0. The van der Waals surface area contributed by atoms with Crippen molar-refractivity contribution in [3.63, 3.8) is 0 Å². The Balaban J connectivity index is 1.63. The van der Waals surface area contributed by atoms with E-state index in [0.717, 1.165) is 52.0 Å². The van der Waals surface area contributed by atoms with Crippen LogP contribution in [0.3, 0.4) is 0 Å². The molecule has 2 aromatic carbocycles. The number of halogens is 1. The van der Waals surface area contributed by atoms with E-state index in [4.69, 9.17) is 9.47 Å². The van der Waals surface area contributed by atoms with Crippen LogP contribution in [0.4, 0.5) is 21.0 Å². The van der Waals surface area contributed by atoms with Crippen molar-refractivity contribution in [2.24, 2.45) is 0 Å². The molecule has 2 saturated heterocycles. The van der Waals surface area contributed by atoms with Crippen molar-refractivity contribution in [3.8, 4) is 0 Å². The van der Waals surface area contributed by atoms with Crippen LogP contribution in [0.5, 0.6) is 0 Å². The molecule has 0 aromatic heterocycles. The topological polar surface area (TPSA) is 65.6 Å². The van der Waals surface area contributed by atoms with Gasteiger partial charge in [-0.2, -0.15) is 0 Å². The first-order valence-corrected chi connectivity index (χ1v) is 15.6. The number of benzene rings is 2. The molecule has 41 heavy (non-hydrogen) atoms. The number of likely N-dealkylation sites (tertiary alicyclic amines) is 2. The van der Waals surface area contributed by atoms with Crippen LogP contribution in [0.15, 0.2) is 42.5 Å². The molecule has 4 atom stereocenters. The van der Waals surface area contributed by atoms with Gasteiger partial charge in [-0.05, 0) is 114 Å². The molecule has 6 rings (SSSR count). The van der Waals surface area contributed by atoms with Gasteiger partial charge in [0.25, 0.3) is 0 Å². The lowest BCUT2D eigenvalue weighted by atomic mass is 9.55. The third-order valence-electron chi connectivity index (χ3n) is 9.25. The Bertz CT molecular complexity index is 1420. The van der Waals surface area contributed by atoms with E-state index >= 15 is 0 Å². The molecular formula is C32H41IN4O4. The molecule has 4 aliphatic heterocycles. The molecule has 2 fully saturated rings. The molecule has 0 spiro atoms. The summed E-state index contributed by atoms with van der Waals surface area (Å²) in [5.74, 6) is 0. The van der Waals surface area contributed by atoms with Gasteiger partial charge in [0.15, 0.2) is 0 Å². The van der Waals surface area contributed by atoms with Crippen molar-refractivity contribution >= 4 is 46.2 Å². The van der Waals surface area contributed by atoms with Crippen LogP contribution in [-0.2, 0) is 20.3 Å². The number of hydrogen-bond donors (Lipinski definition) is 0. The average molecular weight is 673 g/mol. The highest BCUT2D eigenvalue weighted by molar-refractivity contribution is 14.1. The predicted molar refractivity (Wildman–Crippen MR) is 168 cm³/mol. The zero-order valence-corrected chi connectivity index (χ0v) is 27.5. The van der Waals surface area contributed by atoms with E-state index in [1.807, 2.05) is 63.5 Å². The second-order valence-corrected chi connectivity index (χ2v) is 15.2. The molecule has 0 bridgehead atoms. The van der Waals surface area contributed by atoms with E-state index in [9.17, 15) is 9.59 Å². The van der Waals surface area contributed by atoms with Gasteiger partial charge in [-0.25, -0.2) is 9.59 Å². The number of ether oxygens (including phenoxy) is 2. The molecule has 0 aliphatic carbocycles. The van der Waals surface area contributed by atoms with E-state index in [0.29, 0.717) is 0 Å². The van der Waals surface area contributed by atoms with Gasteiger partial charge in [-0.1, -0.05) is 30.3 Å². The number of para-hydroxylation sites is 2. The van der Waals surface area contributed by atoms with E-state index in [1.54, 1.807) is 0 Å². The fraction of sp³-hybridized carbons (Fsp3) is 0.562. The SMILES string of the molecule is CN1CC[C@@]2([C@]34CCN(C)[C@H]3N(C(=O)OC(C)(C)C)c3c(I)cccc34)c3ccccc3N(C(=O)OC(C)(C)C)[C@@H]12. The zero-order valence-electron chi connectivity index (χ0n) is 25.3. The maximum Gasteiger partial charge on any atom is 0.416 e. The summed E-state index contributed by atoms with van der Waals surface area (Å²) in [7, 11) is 4.22. The maximum atomic E-state index is 14.1. The highest BCUT2D eigenvalue weighted by atomic mass is 127. The Morgan fingerprint density at radius 1 is 0.756 bits per heavy atom. The van der Waals surface area contributed by atoms with Crippen molar-refractivity contribution in [2.45, 2.75) is 88.7 Å². The maximum absolute atomic E-state index is 14.1. The fourth-order valence-electron chi connectivity index (χ4n) is 8.18. The minimum absolute atomic E-state index is 0.270. The molecule has 220 valence electrons. The number of carbonyl (C=O) groups excluding carboxylic acids is 2. The highest BCUT2D eigenvalue weighted by Crippen LogP contribution is 2.69. The van der Waals surface area contributed by atoms with Gasteiger partial charge in [0.1, 0.15) is 23.5 Å². The van der Waals surface area contributed by atoms with Crippen LogP contribution in [0.2, 0.25) is 0 Å². The molecule has 2 aromatic rings. The third kappa shape index (κ3) is 3.97. The Hall–Kier alpha value is -2.37. The van der Waals surface area contributed by atoms with Crippen molar-refractivity contribution in [1.29, 1.82) is 0 Å². The summed E-state index contributed by atoms with van der Waals surface area (Å²) in [6.07, 6.45) is 0.480. The van der Waals surface area contributed by atoms with E-state index in [2.05, 4.69) is 76.8 Å². The Kier molecular flexibility index (Phi) is 6.53. The minimum Gasteiger partial charge on any atom is -0.443 e. The molecule has 8 nitrogen and oxygen atoms in total. The highest BCUT2D eigenvalue weighted by Gasteiger charge is 2.75. The number of likely N-dealkylation sites (N-methyl/N-ethyl adjacent to an activating group) is 2. The van der Waals surface area contributed by atoms with Crippen LogP contribution in [0, 0.1) is 3.57 Å². The summed E-state index contributed by atoms with van der Waals surface area (Å²) < 4.78 is 13.1. The van der Waals surface area contributed by atoms with E-state index in [-0.39, 0.29) is 24.5 Å². The van der Waals surface area contributed by atoms with Crippen molar-refractivity contribution in [1.82, 2.24) is 9.80 Å². The van der Waals surface area contributed by atoms with Gasteiger partial charge in [0, 0.05) is 27.5 Å². The Morgan fingerprint density at radius 2 is 1.24 bits per heavy atom. The van der Waals surface area contributed by atoms with Crippen LogP contribution in [-0.4, -0.2) is 72.7 Å². The van der Waals surface area contributed by atoms with Crippen LogP contribution in [0.25, 0.3) is 0 Å². The second kappa shape index (κ2) is 9.31. The normalized spacial score (nSPS) is 29.3. The van der Waals surface area contributed by atoms with Crippen molar-refractivity contribution < 1.29 is 19.1 Å². The number of amides is 2. The molecule has 0 radical (unpaired) electrons. The van der Waals surface area contributed by atoms with Gasteiger partial charge in [0.05, 0.1) is 11.4 Å². The van der Waals surface area contributed by atoms with Crippen molar-refractivity contribution in [2.75, 3.05) is 37.0 Å². The third-order valence-corrected chi connectivity index (χ3v) is 10.1. The lowest BCUT2D eigenvalue weighted by Crippen LogP contribution is -2.64. The van der Waals surface area contributed by atoms with Crippen LogP contribution in [0.1, 0.15) is 65.5 Å². The fourth-order valence-corrected chi connectivity index (χ4v) is 8.94. The first-order chi connectivity index (χ1) is 19.1. The van der Waals surface area contributed by atoms with Gasteiger partial charge in [-0.3, -0.25) is 19.6 Å². The van der Waals surface area contributed by atoms with Crippen LogP contribution < -0.4 is 9.80 Å². The standard InChI is InChI=1S/C32H41IN4O4/c1-29(2,3)40-27(38)36-23-15-10-9-12-20(23)31(16-18-34(7)25(31)36)32-17-19-35(8)26(32)37(28(39)41-30(4,5)6)24-21(32)13-11-14-22(24)33/h9-15,25-26H,16-19H2,1-8H3/t25-,26+,31-,32+/m1/s1.